The number of carboxylic acids is 1. The van der Waals surface area contributed by atoms with Crippen molar-refractivity contribution in [3.63, 3.8) is 0 Å². The van der Waals surface area contributed by atoms with Crippen LogP contribution in [0, 0.1) is 0 Å². The van der Waals surface area contributed by atoms with E-state index in [2.05, 4.69) is 5.32 Å². The second-order valence-electron chi connectivity index (χ2n) is 6.49. The Bertz CT molecular complexity index is 1160. The SMILES string of the molecule is CCOc1cc2c(cc1/C=C1/C(=O)NC(=S)N(c3cccc(C(=O)O)c3)C1=O)OCO2. The molecule has 1 saturated heterocycles. The van der Waals surface area contributed by atoms with Crippen molar-refractivity contribution in [2.45, 2.75) is 6.92 Å². The molecular weight excluding hydrogens is 424 g/mol. The number of carbonyl (C=O) groups excluding carboxylic acids is 2. The molecule has 2 aliphatic heterocycles. The standard InChI is InChI=1S/C21H16N2O7S/c1-2-28-15-9-17-16(29-10-30-17)8-12(15)7-14-18(24)22-21(31)23(19(14)25)13-5-3-4-11(6-13)20(26)27/h3-9H,2,10H2,1H3,(H,26,27)(H,22,24,31)/b14-7-. The monoisotopic (exact) mass is 440 g/mol. The molecule has 2 amide bonds. The van der Waals surface area contributed by atoms with Gasteiger partial charge in [-0.3, -0.25) is 19.8 Å². The van der Waals surface area contributed by atoms with Crippen LogP contribution in [0.1, 0.15) is 22.8 Å². The van der Waals surface area contributed by atoms with Crippen LogP contribution in [0.5, 0.6) is 17.2 Å². The number of thiocarbonyl (C=S) groups is 1. The second-order valence-corrected chi connectivity index (χ2v) is 6.88. The molecule has 2 aliphatic rings. The number of carbonyl (C=O) groups is 3. The molecular formula is C21H16N2O7S. The van der Waals surface area contributed by atoms with Gasteiger partial charge < -0.3 is 19.3 Å². The van der Waals surface area contributed by atoms with Gasteiger partial charge in [0.1, 0.15) is 11.3 Å². The van der Waals surface area contributed by atoms with Gasteiger partial charge >= 0.3 is 5.97 Å². The number of carboxylic acid groups (broad SMARTS) is 1. The summed E-state index contributed by atoms with van der Waals surface area (Å²) in [5, 5.41) is 11.6. The van der Waals surface area contributed by atoms with E-state index < -0.39 is 17.8 Å². The summed E-state index contributed by atoms with van der Waals surface area (Å²) in [5.41, 5.74) is 0.437. The Morgan fingerprint density at radius 1 is 1.26 bits per heavy atom. The lowest BCUT2D eigenvalue weighted by atomic mass is 10.0. The van der Waals surface area contributed by atoms with E-state index in [1.807, 2.05) is 0 Å². The van der Waals surface area contributed by atoms with Crippen molar-refractivity contribution in [1.82, 2.24) is 5.32 Å². The number of aromatic carboxylic acids is 1. The summed E-state index contributed by atoms with van der Waals surface area (Å²) in [5.74, 6) is -1.16. The summed E-state index contributed by atoms with van der Waals surface area (Å²) in [7, 11) is 0. The Morgan fingerprint density at radius 3 is 2.71 bits per heavy atom. The average Bonchev–Trinajstić information content (AvgIpc) is 3.18. The molecule has 0 atom stereocenters. The number of rotatable bonds is 5. The topological polar surface area (TPSA) is 114 Å². The number of nitrogens with zero attached hydrogens (tertiary/aromatic N) is 1. The van der Waals surface area contributed by atoms with Gasteiger partial charge in [-0.1, -0.05) is 6.07 Å². The number of ether oxygens (including phenoxy) is 3. The average molecular weight is 440 g/mol. The number of benzene rings is 2. The fourth-order valence-corrected chi connectivity index (χ4v) is 3.44. The number of hydrogen-bond donors (Lipinski definition) is 2. The van der Waals surface area contributed by atoms with Gasteiger partial charge in [0.25, 0.3) is 11.8 Å². The highest BCUT2D eigenvalue weighted by Crippen LogP contribution is 2.39. The number of nitrogens with one attached hydrogen (secondary N) is 1. The first-order chi connectivity index (χ1) is 14.9. The highest BCUT2D eigenvalue weighted by molar-refractivity contribution is 7.80. The fourth-order valence-electron chi connectivity index (χ4n) is 3.16. The van der Waals surface area contributed by atoms with Crippen molar-refractivity contribution in [1.29, 1.82) is 0 Å². The number of hydrogen-bond acceptors (Lipinski definition) is 7. The molecule has 0 bridgehead atoms. The predicted octanol–water partition coefficient (Wildman–Crippen LogP) is 2.34. The lowest BCUT2D eigenvalue weighted by Crippen LogP contribution is -2.54. The molecule has 0 radical (unpaired) electrons. The minimum absolute atomic E-state index is 0.0232. The summed E-state index contributed by atoms with van der Waals surface area (Å²) < 4.78 is 16.3. The van der Waals surface area contributed by atoms with Gasteiger partial charge in [-0.25, -0.2) is 4.79 Å². The minimum atomic E-state index is -1.15. The van der Waals surface area contributed by atoms with E-state index in [0.717, 1.165) is 4.90 Å². The van der Waals surface area contributed by atoms with Gasteiger partial charge in [0, 0.05) is 11.6 Å². The van der Waals surface area contributed by atoms with E-state index in [1.165, 1.54) is 30.3 Å². The molecule has 0 spiro atoms. The van der Waals surface area contributed by atoms with Crippen LogP contribution in [0.25, 0.3) is 6.08 Å². The molecule has 2 aromatic carbocycles. The normalized spacial score (nSPS) is 16.5. The maximum absolute atomic E-state index is 13.2. The zero-order valence-electron chi connectivity index (χ0n) is 16.2. The fraction of sp³-hybridized carbons (Fsp3) is 0.143. The Hall–Kier alpha value is -3.92. The molecule has 31 heavy (non-hydrogen) atoms. The zero-order chi connectivity index (χ0) is 22.1. The summed E-state index contributed by atoms with van der Waals surface area (Å²) in [4.78, 5) is 38.1. The maximum atomic E-state index is 13.2. The number of anilines is 1. The van der Waals surface area contributed by atoms with Crippen LogP contribution in [-0.4, -0.2) is 41.4 Å². The quantitative estimate of drug-likeness (QED) is 0.414. The first-order valence-electron chi connectivity index (χ1n) is 9.20. The lowest BCUT2D eigenvalue weighted by molar-refractivity contribution is -0.122. The van der Waals surface area contributed by atoms with Crippen LogP contribution in [0.4, 0.5) is 5.69 Å². The zero-order valence-corrected chi connectivity index (χ0v) is 17.0. The predicted molar refractivity (Wildman–Crippen MR) is 113 cm³/mol. The van der Waals surface area contributed by atoms with Gasteiger partial charge in [0.05, 0.1) is 17.9 Å². The Morgan fingerprint density at radius 2 is 2.00 bits per heavy atom. The largest absolute Gasteiger partial charge is 0.493 e. The molecule has 0 saturated carbocycles. The molecule has 2 heterocycles. The highest BCUT2D eigenvalue weighted by Gasteiger charge is 2.35. The van der Waals surface area contributed by atoms with Crippen molar-refractivity contribution in [3.05, 3.63) is 53.1 Å². The third-order valence-corrected chi connectivity index (χ3v) is 4.84. The van der Waals surface area contributed by atoms with Gasteiger partial charge in [0.2, 0.25) is 6.79 Å². The van der Waals surface area contributed by atoms with Gasteiger partial charge in [-0.05, 0) is 49.5 Å². The van der Waals surface area contributed by atoms with Crippen LogP contribution in [0.15, 0.2) is 42.0 Å². The van der Waals surface area contributed by atoms with E-state index >= 15 is 0 Å². The molecule has 0 aliphatic carbocycles. The van der Waals surface area contributed by atoms with Gasteiger partial charge in [-0.2, -0.15) is 0 Å². The molecule has 9 nitrogen and oxygen atoms in total. The summed E-state index contributed by atoms with van der Waals surface area (Å²) in [6.45, 7) is 2.21. The van der Waals surface area contributed by atoms with Crippen LogP contribution >= 0.6 is 12.2 Å². The number of fused-ring (bicyclic) bond motifs is 1. The molecule has 4 rings (SSSR count). The molecule has 0 unspecified atom stereocenters. The summed E-state index contributed by atoms with van der Waals surface area (Å²) in [6.07, 6.45) is 1.38. The Kier molecular flexibility index (Phi) is 5.30. The van der Waals surface area contributed by atoms with Crippen LogP contribution in [-0.2, 0) is 9.59 Å². The maximum Gasteiger partial charge on any atom is 0.335 e. The van der Waals surface area contributed by atoms with Gasteiger partial charge in [-0.15, -0.1) is 0 Å². The molecule has 2 N–H and O–H groups in total. The third-order valence-electron chi connectivity index (χ3n) is 4.56. The van der Waals surface area contributed by atoms with E-state index in [-0.39, 0.29) is 28.7 Å². The Balaban J connectivity index is 1.77. The first kappa shape index (κ1) is 20.4. The molecule has 2 aromatic rings. The van der Waals surface area contributed by atoms with Crippen LogP contribution < -0.4 is 24.4 Å². The Labute approximate surface area is 181 Å². The number of amides is 2. The van der Waals surface area contributed by atoms with Gasteiger partial charge in [0.15, 0.2) is 16.6 Å². The molecule has 1 fully saturated rings. The smallest absolute Gasteiger partial charge is 0.335 e. The molecule has 0 aromatic heterocycles. The molecule has 158 valence electrons. The van der Waals surface area contributed by atoms with Crippen LogP contribution in [0.2, 0.25) is 0 Å². The summed E-state index contributed by atoms with van der Waals surface area (Å²) >= 11 is 5.16. The van der Waals surface area contributed by atoms with Crippen molar-refractivity contribution < 1.29 is 33.7 Å². The van der Waals surface area contributed by atoms with Crippen molar-refractivity contribution in [2.75, 3.05) is 18.3 Å². The molecule has 10 heteroatoms. The van der Waals surface area contributed by atoms with E-state index in [0.29, 0.717) is 29.4 Å². The minimum Gasteiger partial charge on any atom is -0.493 e. The van der Waals surface area contributed by atoms with Crippen molar-refractivity contribution in [3.8, 4) is 17.2 Å². The van der Waals surface area contributed by atoms with E-state index in [4.69, 9.17) is 26.4 Å². The van der Waals surface area contributed by atoms with Crippen molar-refractivity contribution in [2.24, 2.45) is 0 Å². The third kappa shape index (κ3) is 3.80. The second kappa shape index (κ2) is 8.07. The van der Waals surface area contributed by atoms with E-state index in [1.54, 1.807) is 19.1 Å². The van der Waals surface area contributed by atoms with E-state index in [9.17, 15) is 19.5 Å². The van der Waals surface area contributed by atoms with Crippen molar-refractivity contribution >= 4 is 46.9 Å². The van der Waals surface area contributed by atoms with Crippen LogP contribution in [0.3, 0.4) is 0 Å². The highest BCUT2D eigenvalue weighted by atomic mass is 32.1. The lowest BCUT2D eigenvalue weighted by Gasteiger charge is -2.29. The summed E-state index contributed by atoms with van der Waals surface area (Å²) in [6, 6.07) is 8.94. The first-order valence-corrected chi connectivity index (χ1v) is 9.61.